The predicted molar refractivity (Wildman–Crippen MR) is 112 cm³/mol. The molecule has 2 fully saturated rings. The molecular formula is C22H31N5O2. The standard InChI is InChI=1S/C22H31N5O2/c1-16-6-9-26(14-16)15-22(29)27-8-3-2-4-18(27)12-25-21(28)10-17-11-24-20-13-23-7-5-19(17)20/h5,7,11,13,16,18,24H,2-4,6,8-10,12,14-15H2,1H3,(H,25,28). The van der Waals surface area contributed by atoms with Crippen molar-refractivity contribution in [2.24, 2.45) is 5.92 Å². The summed E-state index contributed by atoms with van der Waals surface area (Å²) in [6.07, 6.45) is 10.0. The lowest BCUT2D eigenvalue weighted by Gasteiger charge is -2.36. The number of pyridine rings is 1. The summed E-state index contributed by atoms with van der Waals surface area (Å²) in [5, 5.41) is 4.10. The topological polar surface area (TPSA) is 81.3 Å². The minimum atomic E-state index is -0.00551. The molecule has 2 saturated heterocycles. The Morgan fingerprint density at radius 3 is 3.00 bits per heavy atom. The van der Waals surface area contributed by atoms with Gasteiger partial charge < -0.3 is 15.2 Å². The van der Waals surface area contributed by atoms with Gasteiger partial charge in [0.25, 0.3) is 0 Å². The summed E-state index contributed by atoms with van der Waals surface area (Å²) in [5.41, 5.74) is 1.91. The zero-order chi connectivity index (χ0) is 20.2. The van der Waals surface area contributed by atoms with E-state index in [0.29, 0.717) is 25.4 Å². The van der Waals surface area contributed by atoms with E-state index < -0.39 is 0 Å². The van der Waals surface area contributed by atoms with Crippen molar-refractivity contribution in [3.05, 3.63) is 30.2 Å². The van der Waals surface area contributed by atoms with Crippen LogP contribution in [0.4, 0.5) is 0 Å². The summed E-state index contributed by atoms with van der Waals surface area (Å²) in [6, 6.07) is 2.03. The van der Waals surface area contributed by atoms with Crippen LogP contribution in [0.25, 0.3) is 10.9 Å². The zero-order valence-electron chi connectivity index (χ0n) is 17.2. The molecule has 2 aliphatic heterocycles. The molecule has 0 spiro atoms. The van der Waals surface area contributed by atoms with Gasteiger partial charge in [0.05, 0.1) is 24.7 Å². The first kappa shape index (κ1) is 19.9. The van der Waals surface area contributed by atoms with Crippen molar-refractivity contribution in [2.75, 3.05) is 32.7 Å². The van der Waals surface area contributed by atoms with E-state index in [1.165, 1.54) is 6.42 Å². The third kappa shape index (κ3) is 4.78. The summed E-state index contributed by atoms with van der Waals surface area (Å²) in [5.74, 6) is 0.885. The van der Waals surface area contributed by atoms with Crippen LogP contribution in [0.2, 0.25) is 0 Å². The molecule has 2 unspecified atom stereocenters. The first-order valence-corrected chi connectivity index (χ1v) is 10.8. The van der Waals surface area contributed by atoms with Crippen molar-refractivity contribution < 1.29 is 9.59 Å². The van der Waals surface area contributed by atoms with Crippen LogP contribution >= 0.6 is 0 Å². The highest BCUT2D eigenvalue weighted by atomic mass is 16.2. The maximum absolute atomic E-state index is 12.9. The van der Waals surface area contributed by atoms with Gasteiger partial charge in [-0.3, -0.25) is 19.5 Å². The molecule has 2 amide bonds. The molecule has 0 aromatic carbocycles. The average Bonchev–Trinajstić information content (AvgIpc) is 3.33. The van der Waals surface area contributed by atoms with Crippen molar-refractivity contribution in [3.63, 3.8) is 0 Å². The fourth-order valence-electron chi connectivity index (χ4n) is 4.64. The van der Waals surface area contributed by atoms with Crippen LogP contribution < -0.4 is 5.32 Å². The SMILES string of the molecule is CC1CCN(CC(=O)N2CCCCC2CNC(=O)Cc2c[nH]c3cnccc23)C1. The minimum Gasteiger partial charge on any atom is -0.360 e. The van der Waals surface area contributed by atoms with Gasteiger partial charge in [0.1, 0.15) is 0 Å². The number of nitrogens with zero attached hydrogens (tertiary/aromatic N) is 3. The lowest BCUT2D eigenvalue weighted by molar-refractivity contribution is -0.136. The van der Waals surface area contributed by atoms with Gasteiger partial charge in [-0.15, -0.1) is 0 Å². The average molecular weight is 398 g/mol. The highest BCUT2D eigenvalue weighted by Gasteiger charge is 2.29. The second-order valence-corrected chi connectivity index (χ2v) is 8.58. The van der Waals surface area contributed by atoms with E-state index in [9.17, 15) is 9.59 Å². The molecule has 4 heterocycles. The normalized spacial score (nSPS) is 22.9. The molecule has 29 heavy (non-hydrogen) atoms. The number of carbonyl (C=O) groups is 2. The predicted octanol–water partition coefficient (Wildman–Crippen LogP) is 1.94. The lowest BCUT2D eigenvalue weighted by Crippen LogP contribution is -2.52. The number of nitrogens with one attached hydrogen (secondary N) is 2. The number of hydrogen-bond donors (Lipinski definition) is 2. The van der Waals surface area contributed by atoms with Crippen LogP contribution in [-0.4, -0.2) is 70.3 Å². The molecule has 0 saturated carbocycles. The van der Waals surface area contributed by atoms with Gasteiger partial charge in [0.15, 0.2) is 0 Å². The largest absolute Gasteiger partial charge is 0.360 e. The number of likely N-dealkylation sites (tertiary alicyclic amines) is 2. The van der Waals surface area contributed by atoms with E-state index in [1.807, 2.05) is 17.2 Å². The van der Waals surface area contributed by atoms with Crippen LogP contribution in [0.5, 0.6) is 0 Å². The van der Waals surface area contributed by atoms with Crippen LogP contribution in [0, 0.1) is 5.92 Å². The van der Waals surface area contributed by atoms with E-state index >= 15 is 0 Å². The molecular weight excluding hydrogens is 366 g/mol. The second-order valence-electron chi connectivity index (χ2n) is 8.58. The van der Waals surface area contributed by atoms with Gasteiger partial charge in [-0.05, 0) is 49.8 Å². The third-order valence-corrected chi connectivity index (χ3v) is 6.27. The van der Waals surface area contributed by atoms with E-state index in [1.54, 1.807) is 12.4 Å². The second kappa shape index (κ2) is 8.95. The van der Waals surface area contributed by atoms with E-state index in [0.717, 1.165) is 55.4 Å². The molecule has 4 rings (SSSR count). The molecule has 2 N–H and O–H groups in total. The molecule has 0 bridgehead atoms. The van der Waals surface area contributed by atoms with Crippen molar-refractivity contribution in [3.8, 4) is 0 Å². The first-order valence-electron chi connectivity index (χ1n) is 10.8. The number of aromatic amines is 1. The molecule has 0 radical (unpaired) electrons. The highest BCUT2D eigenvalue weighted by Crippen LogP contribution is 2.20. The number of fused-ring (bicyclic) bond motifs is 1. The summed E-state index contributed by atoms with van der Waals surface area (Å²) in [4.78, 5) is 36.9. The summed E-state index contributed by atoms with van der Waals surface area (Å²) in [7, 11) is 0. The van der Waals surface area contributed by atoms with E-state index in [2.05, 4.69) is 27.1 Å². The Balaban J connectivity index is 1.31. The fraction of sp³-hybridized carbons (Fsp3) is 0.591. The number of piperidine rings is 1. The lowest BCUT2D eigenvalue weighted by atomic mass is 10.0. The van der Waals surface area contributed by atoms with Gasteiger partial charge in [0.2, 0.25) is 11.8 Å². The Morgan fingerprint density at radius 2 is 2.17 bits per heavy atom. The van der Waals surface area contributed by atoms with Crippen molar-refractivity contribution in [1.82, 2.24) is 25.1 Å². The van der Waals surface area contributed by atoms with Crippen molar-refractivity contribution in [2.45, 2.75) is 45.1 Å². The molecule has 2 aromatic heterocycles. The van der Waals surface area contributed by atoms with Crippen LogP contribution in [0.15, 0.2) is 24.7 Å². The molecule has 156 valence electrons. The number of H-pyrrole nitrogens is 1. The number of aromatic nitrogens is 2. The van der Waals surface area contributed by atoms with Gasteiger partial charge in [0, 0.05) is 43.5 Å². The molecule has 0 aliphatic carbocycles. The molecule has 2 atom stereocenters. The maximum Gasteiger partial charge on any atom is 0.237 e. The first-order chi connectivity index (χ1) is 14.1. The fourth-order valence-corrected chi connectivity index (χ4v) is 4.64. The molecule has 7 heteroatoms. The van der Waals surface area contributed by atoms with Gasteiger partial charge in [-0.25, -0.2) is 0 Å². The summed E-state index contributed by atoms with van der Waals surface area (Å²) in [6.45, 7) is 6.12. The van der Waals surface area contributed by atoms with Crippen LogP contribution in [0.1, 0.15) is 38.2 Å². The third-order valence-electron chi connectivity index (χ3n) is 6.27. The number of hydrogen-bond acceptors (Lipinski definition) is 4. The monoisotopic (exact) mass is 397 g/mol. The van der Waals surface area contributed by atoms with E-state index in [4.69, 9.17) is 0 Å². The molecule has 2 aromatic rings. The highest BCUT2D eigenvalue weighted by molar-refractivity contribution is 5.88. The van der Waals surface area contributed by atoms with Gasteiger partial charge >= 0.3 is 0 Å². The van der Waals surface area contributed by atoms with Crippen molar-refractivity contribution in [1.29, 1.82) is 0 Å². The van der Waals surface area contributed by atoms with E-state index in [-0.39, 0.29) is 17.9 Å². The number of amides is 2. The molecule has 7 nitrogen and oxygen atoms in total. The van der Waals surface area contributed by atoms with Crippen LogP contribution in [0.3, 0.4) is 0 Å². The Morgan fingerprint density at radius 1 is 1.28 bits per heavy atom. The molecule has 2 aliphatic rings. The summed E-state index contributed by atoms with van der Waals surface area (Å²) >= 11 is 0. The van der Waals surface area contributed by atoms with Gasteiger partial charge in [-0.2, -0.15) is 0 Å². The Labute approximate surface area is 171 Å². The Bertz CT molecular complexity index is 864. The minimum absolute atomic E-state index is 0.00551. The quantitative estimate of drug-likeness (QED) is 0.781. The zero-order valence-corrected chi connectivity index (χ0v) is 17.2. The smallest absolute Gasteiger partial charge is 0.237 e. The van der Waals surface area contributed by atoms with Gasteiger partial charge in [-0.1, -0.05) is 6.92 Å². The number of rotatable bonds is 6. The summed E-state index contributed by atoms with van der Waals surface area (Å²) < 4.78 is 0. The number of carbonyl (C=O) groups excluding carboxylic acids is 2. The Hall–Kier alpha value is -2.41. The maximum atomic E-state index is 12.9. The Kier molecular flexibility index (Phi) is 6.13. The van der Waals surface area contributed by atoms with Crippen LogP contribution in [-0.2, 0) is 16.0 Å². The van der Waals surface area contributed by atoms with Crippen molar-refractivity contribution >= 4 is 22.7 Å².